The zero-order valence-electron chi connectivity index (χ0n) is 6.19. The third-order valence-electron chi connectivity index (χ3n) is 2.30. The molecule has 2 N–H and O–H groups in total. The molecule has 0 aromatic rings. The van der Waals surface area contributed by atoms with Gasteiger partial charge in [0.05, 0.1) is 0 Å². The SMILES string of the molecule is C=C1CC1NC1CCNC1. The number of rotatable bonds is 2. The van der Waals surface area contributed by atoms with Gasteiger partial charge in [0.1, 0.15) is 0 Å². The molecule has 10 heavy (non-hydrogen) atoms. The average molecular weight is 138 g/mol. The molecule has 2 rings (SSSR count). The van der Waals surface area contributed by atoms with Crippen molar-refractivity contribution in [3.8, 4) is 0 Å². The van der Waals surface area contributed by atoms with E-state index in [1.807, 2.05) is 0 Å². The lowest BCUT2D eigenvalue weighted by Crippen LogP contribution is -2.32. The fourth-order valence-electron chi connectivity index (χ4n) is 1.46. The molecule has 0 aromatic carbocycles. The molecule has 0 bridgehead atoms. The Bertz CT molecular complexity index is 147. The third kappa shape index (κ3) is 1.22. The van der Waals surface area contributed by atoms with Gasteiger partial charge in [0, 0.05) is 18.6 Å². The Balaban J connectivity index is 1.74. The lowest BCUT2D eigenvalue weighted by Gasteiger charge is -2.08. The summed E-state index contributed by atoms with van der Waals surface area (Å²) in [5, 5.41) is 6.87. The zero-order chi connectivity index (χ0) is 6.97. The third-order valence-corrected chi connectivity index (χ3v) is 2.30. The van der Waals surface area contributed by atoms with E-state index in [-0.39, 0.29) is 0 Å². The molecule has 1 heterocycles. The maximum Gasteiger partial charge on any atom is 0.0318 e. The summed E-state index contributed by atoms with van der Waals surface area (Å²) in [6, 6.07) is 1.37. The first kappa shape index (κ1) is 6.38. The van der Waals surface area contributed by atoms with Crippen molar-refractivity contribution >= 4 is 0 Å². The molecule has 2 aliphatic rings. The lowest BCUT2D eigenvalue weighted by molar-refractivity contribution is 0.552. The van der Waals surface area contributed by atoms with Crippen LogP contribution < -0.4 is 10.6 Å². The van der Waals surface area contributed by atoms with Gasteiger partial charge in [-0.2, -0.15) is 0 Å². The summed E-state index contributed by atoms with van der Waals surface area (Å²) < 4.78 is 0. The Morgan fingerprint density at radius 2 is 2.40 bits per heavy atom. The largest absolute Gasteiger partial charge is 0.315 e. The van der Waals surface area contributed by atoms with Gasteiger partial charge in [0.2, 0.25) is 0 Å². The summed E-state index contributed by atoms with van der Waals surface area (Å²) in [5.41, 5.74) is 1.38. The Morgan fingerprint density at radius 1 is 1.60 bits per heavy atom. The van der Waals surface area contributed by atoms with E-state index in [0.29, 0.717) is 12.1 Å². The van der Waals surface area contributed by atoms with Crippen LogP contribution in [0.3, 0.4) is 0 Å². The van der Waals surface area contributed by atoms with Gasteiger partial charge >= 0.3 is 0 Å². The molecule has 1 saturated carbocycles. The molecule has 56 valence electrons. The number of nitrogens with one attached hydrogen (secondary N) is 2. The second-order valence-electron chi connectivity index (χ2n) is 3.27. The van der Waals surface area contributed by atoms with Crippen LogP contribution in [0.5, 0.6) is 0 Å². The van der Waals surface area contributed by atoms with Crippen LogP contribution in [0.2, 0.25) is 0 Å². The molecule has 1 saturated heterocycles. The maximum absolute atomic E-state index is 3.91. The van der Waals surface area contributed by atoms with Crippen molar-refractivity contribution < 1.29 is 0 Å². The second kappa shape index (κ2) is 2.36. The predicted octanol–water partition coefficient (Wildman–Crippen LogP) is 0.266. The van der Waals surface area contributed by atoms with E-state index >= 15 is 0 Å². The predicted molar refractivity (Wildman–Crippen MR) is 42.0 cm³/mol. The summed E-state index contributed by atoms with van der Waals surface area (Å²) in [6.07, 6.45) is 2.49. The summed E-state index contributed by atoms with van der Waals surface area (Å²) in [6.45, 7) is 6.23. The molecule has 1 aliphatic carbocycles. The van der Waals surface area contributed by atoms with Crippen LogP contribution in [0.1, 0.15) is 12.8 Å². The number of hydrogen-bond acceptors (Lipinski definition) is 2. The molecular weight excluding hydrogens is 124 g/mol. The molecule has 0 spiro atoms. The smallest absolute Gasteiger partial charge is 0.0318 e. The van der Waals surface area contributed by atoms with Crippen LogP contribution in [0, 0.1) is 0 Å². The summed E-state index contributed by atoms with van der Waals surface area (Å²) in [7, 11) is 0. The highest BCUT2D eigenvalue weighted by Crippen LogP contribution is 2.27. The summed E-state index contributed by atoms with van der Waals surface area (Å²) >= 11 is 0. The van der Waals surface area contributed by atoms with Crippen molar-refractivity contribution in [3.05, 3.63) is 12.2 Å². The molecule has 1 aliphatic heterocycles. The van der Waals surface area contributed by atoms with Crippen LogP contribution in [-0.4, -0.2) is 25.2 Å². The van der Waals surface area contributed by atoms with Crippen molar-refractivity contribution in [2.45, 2.75) is 24.9 Å². The van der Waals surface area contributed by atoms with Crippen molar-refractivity contribution in [1.82, 2.24) is 10.6 Å². The zero-order valence-corrected chi connectivity index (χ0v) is 6.19. The topological polar surface area (TPSA) is 24.1 Å². The first-order chi connectivity index (χ1) is 4.86. The molecule has 0 amide bonds. The van der Waals surface area contributed by atoms with Crippen molar-refractivity contribution in [2.24, 2.45) is 0 Å². The van der Waals surface area contributed by atoms with Crippen molar-refractivity contribution in [1.29, 1.82) is 0 Å². The van der Waals surface area contributed by atoms with Gasteiger partial charge in [-0.15, -0.1) is 0 Å². The summed E-state index contributed by atoms with van der Waals surface area (Å²) in [4.78, 5) is 0. The minimum absolute atomic E-state index is 0.657. The quantitative estimate of drug-likeness (QED) is 0.535. The molecule has 2 nitrogen and oxygen atoms in total. The highest BCUT2D eigenvalue weighted by atomic mass is 15.1. The minimum atomic E-state index is 0.657. The normalized spacial score (nSPS) is 38.6. The van der Waals surface area contributed by atoms with E-state index in [2.05, 4.69) is 17.2 Å². The fraction of sp³-hybridized carbons (Fsp3) is 0.750. The van der Waals surface area contributed by atoms with Gasteiger partial charge in [-0.05, 0) is 19.4 Å². The van der Waals surface area contributed by atoms with Gasteiger partial charge in [-0.3, -0.25) is 0 Å². The highest BCUT2D eigenvalue weighted by molar-refractivity contribution is 5.25. The second-order valence-corrected chi connectivity index (χ2v) is 3.27. The Hall–Kier alpha value is -0.340. The van der Waals surface area contributed by atoms with Gasteiger partial charge < -0.3 is 10.6 Å². The Morgan fingerprint density at radius 3 is 2.90 bits per heavy atom. The molecule has 0 radical (unpaired) electrons. The van der Waals surface area contributed by atoms with Gasteiger partial charge in [0.15, 0.2) is 0 Å². The minimum Gasteiger partial charge on any atom is -0.315 e. The van der Waals surface area contributed by atoms with E-state index in [0.717, 1.165) is 6.54 Å². The fourth-order valence-corrected chi connectivity index (χ4v) is 1.46. The van der Waals surface area contributed by atoms with Gasteiger partial charge in [-0.25, -0.2) is 0 Å². The molecule has 2 heteroatoms. The molecule has 2 atom stereocenters. The average Bonchev–Trinajstić information content (AvgIpc) is 2.48. The molecule has 0 aromatic heterocycles. The molecule has 2 unspecified atom stereocenters. The van der Waals surface area contributed by atoms with Gasteiger partial charge in [0.25, 0.3) is 0 Å². The Kier molecular flexibility index (Phi) is 1.51. The van der Waals surface area contributed by atoms with E-state index in [9.17, 15) is 0 Å². The first-order valence-electron chi connectivity index (χ1n) is 4.00. The molecular formula is C8H14N2. The van der Waals surface area contributed by atoms with Gasteiger partial charge in [-0.1, -0.05) is 12.2 Å². The summed E-state index contributed by atoms with van der Waals surface area (Å²) in [5.74, 6) is 0. The Labute approximate surface area is 61.7 Å². The van der Waals surface area contributed by atoms with E-state index in [1.54, 1.807) is 0 Å². The standard InChI is InChI=1S/C8H14N2/c1-6-4-8(6)10-7-2-3-9-5-7/h7-10H,1-5H2. The van der Waals surface area contributed by atoms with E-state index in [4.69, 9.17) is 0 Å². The van der Waals surface area contributed by atoms with Crippen molar-refractivity contribution in [3.63, 3.8) is 0 Å². The van der Waals surface area contributed by atoms with Crippen LogP contribution >= 0.6 is 0 Å². The van der Waals surface area contributed by atoms with Crippen molar-refractivity contribution in [2.75, 3.05) is 13.1 Å². The highest BCUT2D eigenvalue weighted by Gasteiger charge is 2.30. The van der Waals surface area contributed by atoms with Crippen LogP contribution in [-0.2, 0) is 0 Å². The molecule has 2 fully saturated rings. The van der Waals surface area contributed by atoms with E-state index in [1.165, 1.54) is 25.0 Å². The van der Waals surface area contributed by atoms with E-state index < -0.39 is 0 Å². The number of hydrogen-bond donors (Lipinski definition) is 2. The first-order valence-corrected chi connectivity index (χ1v) is 4.00. The van der Waals surface area contributed by atoms with Crippen LogP contribution in [0.25, 0.3) is 0 Å². The lowest BCUT2D eigenvalue weighted by atomic mass is 10.2. The maximum atomic E-state index is 3.91. The monoisotopic (exact) mass is 138 g/mol. The van der Waals surface area contributed by atoms with Crippen LogP contribution in [0.4, 0.5) is 0 Å². The van der Waals surface area contributed by atoms with Crippen LogP contribution in [0.15, 0.2) is 12.2 Å².